The maximum atomic E-state index is 12.4. The van der Waals surface area contributed by atoms with Crippen molar-refractivity contribution in [1.29, 1.82) is 0 Å². The molecule has 0 aliphatic carbocycles. The fraction of sp³-hybridized carbons (Fsp3) is 0.286. The van der Waals surface area contributed by atoms with E-state index in [9.17, 15) is 9.90 Å². The van der Waals surface area contributed by atoms with Crippen molar-refractivity contribution in [2.24, 2.45) is 0 Å². The van der Waals surface area contributed by atoms with Gasteiger partial charge in [-0.25, -0.2) is 0 Å². The number of likely N-dealkylation sites (tertiary alicyclic amines) is 1. The lowest BCUT2D eigenvalue weighted by atomic mass is 10.0. The maximum Gasteiger partial charge on any atom is 0.253 e. The summed E-state index contributed by atoms with van der Waals surface area (Å²) in [5.41, 5.74) is 1.71. The Balaban J connectivity index is 1.38. The molecule has 0 unspecified atom stereocenters. The Kier molecular flexibility index (Phi) is 5.85. The quantitative estimate of drug-likeness (QED) is 0.652. The first kappa shape index (κ1) is 19.9. The Morgan fingerprint density at radius 3 is 2.76 bits per heavy atom. The van der Waals surface area contributed by atoms with Crippen molar-refractivity contribution >= 4 is 40.0 Å². The van der Waals surface area contributed by atoms with Crippen LogP contribution >= 0.6 is 23.2 Å². The van der Waals surface area contributed by atoms with Gasteiger partial charge < -0.3 is 10.4 Å². The third-order valence-electron chi connectivity index (χ3n) is 5.23. The molecule has 6 nitrogen and oxygen atoms in total. The number of fused-ring (bicyclic) bond motifs is 1. The Morgan fingerprint density at radius 1 is 1.21 bits per heavy atom. The molecule has 3 aromatic rings. The molecule has 1 aliphatic heterocycles. The molecule has 3 heterocycles. The second-order valence-electron chi connectivity index (χ2n) is 7.15. The Bertz CT molecular complexity index is 1050. The van der Waals surface area contributed by atoms with Gasteiger partial charge in [0.05, 0.1) is 15.6 Å². The molecule has 150 valence electrons. The summed E-state index contributed by atoms with van der Waals surface area (Å²) < 4.78 is 0. The number of amides is 1. The molecule has 0 atom stereocenters. The molecule has 8 heteroatoms. The van der Waals surface area contributed by atoms with Gasteiger partial charge in [0.2, 0.25) is 0 Å². The number of aromatic nitrogens is 2. The van der Waals surface area contributed by atoms with Gasteiger partial charge in [0, 0.05) is 55.2 Å². The third-order valence-corrected chi connectivity index (χ3v) is 5.84. The first-order valence-corrected chi connectivity index (χ1v) is 10.2. The zero-order chi connectivity index (χ0) is 20.4. The first-order chi connectivity index (χ1) is 14.0. The number of halogens is 2. The van der Waals surface area contributed by atoms with Gasteiger partial charge in [-0.1, -0.05) is 23.2 Å². The number of nitrogens with one attached hydrogen (secondary N) is 1. The van der Waals surface area contributed by atoms with Crippen molar-refractivity contribution in [3.05, 3.63) is 64.0 Å². The number of piperidine rings is 1. The van der Waals surface area contributed by atoms with Gasteiger partial charge in [-0.05, 0) is 37.1 Å². The lowest BCUT2D eigenvalue weighted by Gasteiger charge is -2.32. The SMILES string of the molecule is O=C(NC1CCN(Cc2cc(Cl)c3cccnc3c2O)CC1)c1ccncc1Cl. The molecule has 1 aromatic carbocycles. The number of rotatable bonds is 4. The summed E-state index contributed by atoms with van der Waals surface area (Å²) in [5.74, 6) is -0.00589. The molecule has 0 spiro atoms. The van der Waals surface area contributed by atoms with Crippen LogP contribution in [0.1, 0.15) is 28.8 Å². The normalized spacial score (nSPS) is 15.5. The smallest absolute Gasteiger partial charge is 0.253 e. The molecule has 0 bridgehead atoms. The number of nitrogens with zero attached hydrogens (tertiary/aromatic N) is 3. The summed E-state index contributed by atoms with van der Waals surface area (Å²) >= 11 is 12.4. The maximum absolute atomic E-state index is 12.4. The zero-order valence-corrected chi connectivity index (χ0v) is 17.1. The van der Waals surface area contributed by atoms with Gasteiger partial charge >= 0.3 is 0 Å². The molecule has 1 fully saturated rings. The largest absolute Gasteiger partial charge is 0.505 e. The van der Waals surface area contributed by atoms with E-state index in [1.165, 1.54) is 6.20 Å². The van der Waals surface area contributed by atoms with Gasteiger partial charge in [0.1, 0.15) is 11.3 Å². The molecular formula is C21H20Cl2N4O2. The number of phenolic OH excluding ortho intramolecular Hbond substituents is 1. The second-order valence-corrected chi connectivity index (χ2v) is 7.96. The number of benzene rings is 1. The summed E-state index contributed by atoms with van der Waals surface area (Å²) in [5, 5.41) is 15.3. The number of carbonyl (C=O) groups is 1. The fourth-order valence-corrected chi connectivity index (χ4v) is 4.15. The highest BCUT2D eigenvalue weighted by Crippen LogP contribution is 2.34. The molecule has 29 heavy (non-hydrogen) atoms. The van der Waals surface area contributed by atoms with E-state index >= 15 is 0 Å². The van der Waals surface area contributed by atoms with Crippen LogP contribution in [-0.2, 0) is 6.54 Å². The predicted octanol–water partition coefficient (Wildman–Crippen LogP) is 4.04. The monoisotopic (exact) mass is 430 g/mol. The van der Waals surface area contributed by atoms with Crippen LogP contribution in [0.2, 0.25) is 10.0 Å². The van der Waals surface area contributed by atoms with Gasteiger partial charge in [-0.3, -0.25) is 19.7 Å². The summed E-state index contributed by atoms with van der Waals surface area (Å²) in [7, 11) is 0. The molecule has 1 aliphatic rings. The van der Waals surface area contributed by atoms with E-state index in [2.05, 4.69) is 20.2 Å². The number of hydrogen-bond acceptors (Lipinski definition) is 5. The van der Waals surface area contributed by atoms with E-state index in [-0.39, 0.29) is 17.7 Å². The minimum absolute atomic E-state index is 0.0819. The van der Waals surface area contributed by atoms with Crippen molar-refractivity contribution in [2.45, 2.75) is 25.4 Å². The molecular weight excluding hydrogens is 411 g/mol. The Labute approximate surface area is 178 Å². The van der Waals surface area contributed by atoms with E-state index in [1.807, 2.05) is 6.07 Å². The predicted molar refractivity (Wildman–Crippen MR) is 113 cm³/mol. The third kappa shape index (κ3) is 4.29. The van der Waals surface area contributed by atoms with Crippen LogP contribution in [-0.4, -0.2) is 45.0 Å². The van der Waals surface area contributed by atoms with Gasteiger partial charge in [-0.15, -0.1) is 0 Å². The van der Waals surface area contributed by atoms with Crippen molar-refractivity contribution in [1.82, 2.24) is 20.2 Å². The van der Waals surface area contributed by atoms with Crippen LogP contribution < -0.4 is 5.32 Å². The molecule has 0 radical (unpaired) electrons. The number of pyridine rings is 2. The van der Waals surface area contributed by atoms with Crippen LogP contribution in [0, 0.1) is 0 Å². The van der Waals surface area contributed by atoms with E-state index in [1.54, 1.807) is 30.6 Å². The van der Waals surface area contributed by atoms with E-state index in [0.29, 0.717) is 27.7 Å². The highest BCUT2D eigenvalue weighted by atomic mass is 35.5. The van der Waals surface area contributed by atoms with Crippen LogP contribution in [0.25, 0.3) is 10.9 Å². The molecule has 1 saturated heterocycles. The van der Waals surface area contributed by atoms with Crippen LogP contribution in [0.5, 0.6) is 5.75 Å². The highest BCUT2D eigenvalue weighted by Gasteiger charge is 2.23. The van der Waals surface area contributed by atoms with Crippen molar-refractivity contribution in [2.75, 3.05) is 13.1 Å². The van der Waals surface area contributed by atoms with Gasteiger partial charge in [0.25, 0.3) is 5.91 Å². The Hall–Kier alpha value is -2.41. The van der Waals surface area contributed by atoms with Crippen LogP contribution in [0.15, 0.2) is 42.9 Å². The van der Waals surface area contributed by atoms with Gasteiger partial charge in [0.15, 0.2) is 0 Å². The average molecular weight is 431 g/mol. The molecule has 2 N–H and O–H groups in total. The number of aromatic hydroxyl groups is 1. The van der Waals surface area contributed by atoms with E-state index in [0.717, 1.165) is 36.9 Å². The topological polar surface area (TPSA) is 78.4 Å². The molecule has 4 rings (SSSR count). The fourth-order valence-electron chi connectivity index (χ4n) is 3.66. The van der Waals surface area contributed by atoms with E-state index < -0.39 is 0 Å². The number of carbonyl (C=O) groups excluding carboxylic acids is 1. The van der Waals surface area contributed by atoms with Crippen LogP contribution in [0.3, 0.4) is 0 Å². The summed E-state index contributed by atoms with van der Waals surface area (Å²) in [4.78, 5) is 22.8. The summed E-state index contributed by atoms with van der Waals surface area (Å²) in [6, 6.07) is 7.15. The lowest BCUT2D eigenvalue weighted by Crippen LogP contribution is -2.44. The highest BCUT2D eigenvalue weighted by molar-refractivity contribution is 6.35. The summed E-state index contributed by atoms with van der Waals surface area (Å²) in [6.07, 6.45) is 6.30. The van der Waals surface area contributed by atoms with E-state index in [4.69, 9.17) is 23.2 Å². The number of hydrogen-bond donors (Lipinski definition) is 2. The average Bonchev–Trinajstić information content (AvgIpc) is 2.73. The molecule has 1 amide bonds. The minimum Gasteiger partial charge on any atom is -0.505 e. The van der Waals surface area contributed by atoms with Crippen molar-refractivity contribution < 1.29 is 9.90 Å². The number of phenols is 1. The van der Waals surface area contributed by atoms with Crippen molar-refractivity contribution in [3.8, 4) is 5.75 Å². The molecule has 2 aromatic heterocycles. The summed E-state index contributed by atoms with van der Waals surface area (Å²) in [6.45, 7) is 2.17. The first-order valence-electron chi connectivity index (χ1n) is 9.40. The Morgan fingerprint density at radius 2 is 2.00 bits per heavy atom. The van der Waals surface area contributed by atoms with Gasteiger partial charge in [-0.2, -0.15) is 0 Å². The van der Waals surface area contributed by atoms with Crippen LogP contribution in [0.4, 0.5) is 0 Å². The lowest BCUT2D eigenvalue weighted by molar-refractivity contribution is 0.0909. The second kappa shape index (κ2) is 8.53. The van der Waals surface area contributed by atoms with Crippen molar-refractivity contribution in [3.63, 3.8) is 0 Å². The minimum atomic E-state index is -0.180. The zero-order valence-electron chi connectivity index (χ0n) is 15.6. The standard InChI is InChI=1S/C21H20Cl2N4O2/c22-17-10-13(20(28)19-15(17)2-1-6-25-19)12-27-8-4-14(5-9-27)26-21(29)16-3-7-24-11-18(16)23/h1-3,6-7,10-11,14,28H,4-5,8-9,12H2,(H,26,29). The molecule has 0 saturated carbocycles.